The maximum absolute atomic E-state index is 12.0. The lowest BCUT2D eigenvalue weighted by atomic mass is 10.2. The molecule has 2 aliphatic rings. The largest absolute Gasteiger partial charge is 0.375 e. The molecule has 0 unspecified atom stereocenters. The van der Waals surface area contributed by atoms with E-state index in [1.54, 1.807) is 18.4 Å². The number of nitrogens with zero attached hydrogens (tertiary/aromatic N) is 6. The van der Waals surface area contributed by atoms with Crippen molar-refractivity contribution in [3.63, 3.8) is 0 Å². The van der Waals surface area contributed by atoms with Gasteiger partial charge in [-0.15, -0.1) is 11.3 Å². The summed E-state index contributed by atoms with van der Waals surface area (Å²) in [7, 11) is 1.55. The number of carbonyl (C=O) groups excluding carboxylic acids is 1. The number of hydrogen-bond acceptors (Lipinski definition) is 10. The number of hydrogen-bond donors (Lipinski definition) is 1. The van der Waals surface area contributed by atoms with Gasteiger partial charge in [0.25, 0.3) is 0 Å². The van der Waals surface area contributed by atoms with Gasteiger partial charge in [-0.1, -0.05) is 11.3 Å². The molecule has 5 heterocycles. The SMILES string of the molecule is COCC(=O)N1CCN(C2=CC(Nc3nc4ccc(-c5cncs5)nc4s3)=NCC2)CC1. The summed E-state index contributed by atoms with van der Waals surface area (Å²) < 4.78 is 4.97. The maximum Gasteiger partial charge on any atom is 0.248 e. The van der Waals surface area contributed by atoms with Crippen LogP contribution in [0.25, 0.3) is 20.9 Å². The summed E-state index contributed by atoms with van der Waals surface area (Å²) in [4.78, 5) is 36.3. The van der Waals surface area contributed by atoms with Gasteiger partial charge in [0.1, 0.15) is 22.8 Å². The molecule has 3 aromatic rings. The van der Waals surface area contributed by atoms with Crippen molar-refractivity contribution in [2.24, 2.45) is 4.99 Å². The molecule has 0 aromatic carbocycles. The van der Waals surface area contributed by atoms with Gasteiger partial charge in [-0.05, 0) is 18.2 Å². The molecule has 166 valence electrons. The Balaban J connectivity index is 1.25. The molecule has 2 aliphatic heterocycles. The van der Waals surface area contributed by atoms with Crippen molar-refractivity contribution in [2.75, 3.05) is 51.8 Å². The standard InChI is InChI=1S/C21H23N7O2S2/c1-30-12-19(29)28-8-6-27(7-9-28)14-4-5-23-18(10-14)26-21-25-16-3-2-15(24-20(16)32-21)17-11-22-13-31-17/h2-3,10-11,13H,4-9,12H2,1H3,(H,23,25,26). The van der Waals surface area contributed by atoms with E-state index in [1.165, 1.54) is 17.0 Å². The minimum absolute atomic E-state index is 0.0524. The van der Waals surface area contributed by atoms with Gasteiger partial charge >= 0.3 is 0 Å². The predicted octanol–water partition coefficient (Wildman–Crippen LogP) is 2.70. The van der Waals surface area contributed by atoms with Gasteiger partial charge in [-0.25, -0.2) is 9.97 Å². The molecule has 1 N–H and O–H groups in total. The van der Waals surface area contributed by atoms with E-state index in [4.69, 9.17) is 9.72 Å². The van der Waals surface area contributed by atoms with E-state index in [0.717, 1.165) is 57.9 Å². The van der Waals surface area contributed by atoms with Crippen molar-refractivity contribution in [1.29, 1.82) is 0 Å². The fourth-order valence-corrected chi connectivity index (χ4v) is 5.25. The number of piperazine rings is 1. The lowest BCUT2D eigenvalue weighted by molar-refractivity contribution is -0.136. The highest BCUT2D eigenvalue weighted by molar-refractivity contribution is 7.22. The van der Waals surface area contributed by atoms with Crippen LogP contribution < -0.4 is 5.32 Å². The first-order valence-electron chi connectivity index (χ1n) is 10.4. The van der Waals surface area contributed by atoms with Crippen LogP contribution in [0.15, 0.2) is 40.6 Å². The van der Waals surface area contributed by atoms with E-state index in [0.29, 0.717) is 13.1 Å². The van der Waals surface area contributed by atoms with E-state index in [9.17, 15) is 4.79 Å². The zero-order valence-electron chi connectivity index (χ0n) is 17.7. The molecule has 0 saturated carbocycles. The summed E-state index contributed by atoms with van der Waals surface area (Å²) in [6.07, 6.45) is 4.82. The van der Waals surface area contributed by atoms with Crippen molar-refractivity contribution in [2.45, 2.75) is 6.42 Å². The highest BCUT2D eigenvalue weighted by Gasteiger charge is 2.23. The smallest absolute Gasteiger partial charge is 0.248 e. The summed E-state index contributed by atoms with van der Waals surface area (Å²) in [6.45, 7) is 3.94. The number of pyridine rings is 1. The van der Waals surface area contributed by atoms with E-state index in [2.05, 4.69) is 31.3 Å². The fourth-order valence-electron chi connectivity index (χ4n) is 3.81. The average Bonchev–Trinajstić information content (AvgIpc) is 3.49. The van der Waals surface area contributed by atoms with Gasteiger partial charge in [0.05, 0.1) is 16.1 Å². The van der Waals surface area contributed by atoms with Gasteiger partial charge in [0.2, 0.25) is 5.91 Å². The van der Waals surface area contributed by atoms with Crippen LogP contribution in [0.2, 0.25) is 0 Å². The van der Waals surface area contributed by atoms with Crippen LogP contribution in [0.4, 0.5) is 5.13 Å². The molecule has 0 radical (unpaired) electrons. The predicted molar refractivity (Wildman–Crippen MR) is 127 cm³/mol. The third-order valence-electron chi connectivity index (χ3n) is 5.44. The third-order valence-corrected chi connectivity index (χ3v) is 7.11. The summed E-state index contributed by atoms with van der Waals surface area (Å²) >= 11 is 3.09. The number of nitrogens with one attached hydrogen (secondary N) is 1. The quantitative estimate of drug-likeness (QED) is 0.614. The van der Waals surface area contributed by atoms with Crippen molar-refractivity contribution in [3.05, 3.63) is 35.6 Å². The summed E-state index contributed by atoms with van der Waals surface area (Å²) in [5.74, 6) is 0.863. The monoisotopic (exact) mass is 469 g/mol. The van der Waals surface area contributed by atoms with Crippen molar-refractivity contribution in [3.8, 4) is 10.6 Å². The van der Waals surface area contributed by atoms with Crippen molar-refractivity contribution in [1.82, 2.24) is 24.8 Å². The van der Waals surface area contributed by atoms with Gasteiger partial charge in [0.15, 0.2) is 5.13 Å². The summed E-state index contributed by atoms with van der Waals surface area (Å²) in [5, 5.41) is 4.14. The number of dihydropyridines is 1. The Bertz CT molecular complexity index is 1160. The average molecular weight is 470 g/mol. The molecule has 32 heavy (non-hydrogen) atoms. The minimum atomic E-state index is 0.0524. The minimum Gasteiger partial charge on any atom is -0.375 e. The number of methoxy groups -OCH3 is 1. The lowest BCUT2D eigenvalue weighted by Crippen LogP contribution is -2.49. The summed E-state index contributed by atoms with van der Waals surface area (Å²) in [5.41, 5.74) is 4.83. The lowest BCUT2D eigenvalue weighted by Gasteiger charge is -2.38. The van der Waals surface area contributed by atoms with E-state index >= 15 is 0 Å². The number of ether oxygens (including phenoxy) is 1. The normalized spacial score (nSPS) is 16.8. The summed E-state index contributed by atoms with van der Waals surface area (Å²) in [6, 6.07) is 3.97. The van der Waals surface area contributed by atoms with Crippen LogP contribution >= 0.6 is 22.7 Å². The Morgan fingerprint density at radius 2 is 2.09 bits per heavy atom. The van der Waals surface area contributed by atoms with E-state index in [-0.39, 0.29) is 12.5 Å². The van der Waals surface area contributed by atoms with Crippen molar-refractivity contribution >= 4 is 49.9 Å². The van der Waals surface area contributed by atoms with Crippen molar-refractivity contribution < 1.29 is 9.53 Å². The molecule has 5 rings (SSSR count). The topological polar surface area (TPSA) is 95.8 Å². The first kappa shape index (κ1) is 21.0. The molecule has 1 amide bonds. The van der Waals surface area contributed by atoms with E-state index in [1.807, 2.05) is 28.7 Å². The second kappa shape index (κ2) is 9.31. The van der Waals surface area contributed by atoms with Crippen LogP contribution in [-0.2, 0) is 9.53 Å². The molecule has 0 atom stereocenters. The second-order valence-corrected chi connectivity index (χ2v) is 9.35. The maximum atomic E-state index is 12.0. The molecular weight excluding hydrogens is 446 g/mol. The van der Waals surface area contributed by atoms with Gasteiger partial charge in [-0.3, -0.25) is 14.8 Å². The number of rotatable bonds is 5. The molecule has 1 saturated heterocycles. The molecule has 9 nitrogen and oxygen atoms in total. The Labute approximate surface area is 193 Å². The van der Waals surface area contributed by atoms with Gasteiger partial charge in [-0.2, -0.15) is 0 Å². The molecule has 0 spiro atoms. The first-order valence-corrected chi connectivity index (χ1v) is 12.1. The number of thiazole rings is 2. The van der Waals surface area contributed by atoms with Crippen LogP contribution in [0.5, 0.6) is 0 Å². The van der Waals surface area contributed by atoms with E-state index < -0.39 is 0 Å². The molecule has 0 aliphatic carbocycles. The number of aliphatic imine (C=N–C) groups is 1. The Hall–Kier alpha value is -2.89. The fraction of sp³-hybridized carbons (Fsp3) is 0.381. The molecule has 11 heteroatoms. The van der Waals surface area contributed by atoms with Gasteiger partial charge in [0, 0.05) is 58.1 Å². The zero-order valence-corrected chi connectivity index (χ0v) is 19.3. The van der Waals surface area contributed by atoms with Crippen LogP contribution in [-0.4, -0.2) is 82.9 Å². The molecule has 1 fully saturated rings. The zero-order chi connectivity index (χ0) is 21.9. The Morgan fingerprint density at radius 3 is 2.88 bits per heavy atom. The highest BCUT2D eigenvalue weighted by atomic mass is 32.1. The molecule has 0 bridgehead atoms. The molecular formula is C21H23N7O2S2. The number of anilines is 1. The Kier molecular flexibility index (Phi) is 6.10. The Morgan fingerprint density at radius 1 is 1.22 bits per heavy atom. The molecule has 3 aromatic heterocycles. The van der Waals surface area contributed by atoms with Gasteiger partial charge < -0.3 is 19.9 Å². The highest BCUT2D eigenvalue weighted by Crippen LogP contribution is 2.29. The first-order chi connectivity index (χ1) is 15.7. The number of aromatic nitrogens is 3. The second-order valence-electron chi connectivity index (χ2n) is 7.48. The van der Waals surface area contributed by atoms with Crippen LogP contribution in [0.1, 0.15) is 6.42 Å². The van der Waals surface area contributed by atoms with Crippen LogP contribution in [0.3, 0.4) is 0 Å². The third kappa shape index (κ3) is 4.50. The number of amidine groups is 1. The number of carbonyl (C=O) groups is 1. The number of fused-ring (bicyclic) bond motifs is 1. The van der Waals surface area contributed by atoms with Crippen LogP contribution in [0, 0.1) is 0 Å². The number of amides is 1.